The van der Waals surface area contributed by atoms with Crippen LogP contribution >= 0.6 is 45.3 Å². The lowest BCUT2D eigenvalue weighted by molar-refractivity contribution is 0.509. The minimum absolute atomic E-state index is 0.162. The molecule has 0 fully saturated rings. The van der Waals surface area contributed by atoms with Crippen LogP contribution in [0.1, 0.15) is 218 Å². The summed E-state index contributed by atoms with van der Waals surface area (Å²) in [6, 6.07) is 64.3. The molecule has 0 radical (unpaired) electrons. The van der Waals surface area contributed by atoms with Gasteiger partial charge >= 0.3 is 0 Å². The zero-order valence-electron chi connectivity index (χ0n) is 59.1. The van der Waals surface area contributed by atoms with Gasteiger partial charge in [0, 0.05) is 61.3 Å². The Morgan fingerprint density at radius 1 is 0.288 bits per heavy atom. The number of thiophene rings is 4. The molecule has 0 amide bonds. The monoisotopic (exact) mass is 1440 g/mol. The number of hydrogen-bond donors (Lipinski definition) is 0. The Morgan fingerprint density at radius 3 is 0.837 bits per heavy atom. The first kappa shape index (κ1) is 70.2. The largest absolute Gasteiger partial charge is 0.204 e. The van der Waals surface area contributed by atoms with Crippen LogP contribution in [-0.4, -0.2) is 0 Å². The summed E-state index contributed by atoms with van der Waals surface area (Å²) in [7, 11) is 0. The summed E-state index contributed by atoms with van der Waals surface area (Å²) in [5.41, 5.74) is 17.7. The molecule has 4 nitrogen and oxygen atoms in total. The Hall–Kier alpha value is -9.50. The van der Waals surface area contributed by atoms with Crippen molar-refractivity contribution >= 4 is 56.5 Å². The third-order valence-electron chi connectivity index (χ3n) is 22.1. The summed E-state index contributed by atoms with van der Waals surface area (Å²) in [4.78, 5) is 7.17. The Morgan fingerprint density at radius 2 is 0.558 bits per heavy atom. The van der Waals surface area contributed by atoms with Gasteiger partial charge in [0.15, 0.2) is 23.3 Å². The van der Waals surface area contributed by atoms with Gasteiger partial charge in [-0.15, -0.1) is 45.3 Å². The third-order valence-corrected chi connectivity index (χ3v) is 27.2. The maximum absolute atomic E-state index is 15.5. The summed E-state index contributed by atoms with van der Waals surface area (Å²) < 4.78 is 61.5. The van der Waals surface area contributed by atoms with E-state index in [-0.39, 0.29) is 11.1 Å². The highest BCUT2D eigenvalue weighted by molar-refractivity contribution is 7.25. The van der Waals surface area contributed by atoms with Crippen molar-refractivity contribution in [3.05, 3.63) is 280 Å². The molecular weight excluding hydrogens is 1370 g/mol. The van der Waals surface area contributed by atoms with Gasteiger partial charge < -0.3 is 0 Å². The van der Waals surface area contributed by atoms with Gasteiger partial charge in [-0.1, -0.05) is 202 Å². The molecule has 0 saturated carbocycles. The van der Waals surface area contributed by atoms with Crippen LogP contribution in [0.25, 0.3) is 73.8 Å². The van der Waals surface area contributed by atoms with Crippen molar-refractivity contribution in [1.29, 1.82) is 21.0 Å². The smallest absolute Gasteiger partial charge is 0.159 e. The molecule has 0 bridgehead atoms. The topological polar surface area (TPSA) is 95.2 Å². The number of aryl methyl sites for hydroxylation is 4. The van der Waals surface area contributed by atoms with Crippen molar-refractivity contribution < 1.29 is 17.6 Å². The SMILES string of the molecule is CCCCCCc1ccc(C2(c3ccc(CCCCCC)cc3)c3cc4c(cc3-c3sc(-c5cc6c(s5)C(=C(C#N)C#N)c5cc(F)c(F)cc5-6)cc32)C(c2ccc(CCCCCC)cc2)(c2ccc(CCCCCC)cc2)c2cc(-c3cc5c(s3)C(=C(C#N)C#N)c3cc(F)c(F)cc3-5)sc2-4)cc1. The zero-order valence-corrected chi connectivity index (χ0v) is 62.4. The Bertz CT molecular complexity index is 4930. The van der Waals surface area contributed by atoms with Crippen molar-refractivity contribution in [2.45, 2.75) is 167 Å². The molecule has 15 rings (SSSR count). The fourth-order valence-electron chi connectivity index (χ4n) is 16.9. The van der Waals surface area contributed by atoms with E-state index in [4.69, 9.17) is 0 Å². The van der Waals surface area contributed by atoms with Gasteiger partial charge in [0.2, 0.25) is 0 Å². The molecule has 518 valence electrons. The lowest BCUT2D eigenvalue weighted by Gasteiger charge is -2.35. The first-order valence-corrected chi connectivity index (χ1v) is 40.4. The Kier molecular flexibility index (Phi) is 19.9. The van der Waals surface area contributed by atoms with Crippen molar-refractivity contribution in [3.63, 3.8) is 0 Å². The summed E-state index contributed by atoms with van der Waals surface area (Å²) in [6.07, 6.45) is 22.2. The highest BCUT2D eigenvalue weighted by Gasteiger charge is 2.53. The quantitative estimate of drug-likeness (QED) is 0.0307. The first-order valence-electron chi connectivity index (χ1n) is 37.1. The van der Waals surface area contributed by atoms with Crippen LogP contribution in [-0.2, 0) is 36.5 Å². The number of fused-ring (bicyclic) bond motifs is 12. The first-order chi connectivity index (χ1) is 50.8. The van der Waals surface area contributed by atoms with Crippen LogP contribution in [0.3, 0.4) is 0 Å². The van der Waals surface area contributed by atoms with Gasteiger partial charge in [-0.3, -0.25) is 0 Å². The molecule has 0 atom stereocenters. The number of unbranched alkanes of at least 4 members (excludes halogenated alkanes) is 12. The van der Waals surface area contributed by atoms with Crippen molar-refractivity contribution in [3.8, 4) is 86.9 Å². The molecule has 12 heteroatoms. The maximum atomic E-state index is 15.5. The minimum atomic E-state index is -1.04. The van der Waals surface area contributed by atoms with Gasteiger partial charge in [0.1, 0.15) is 35.4 Å². The van der Waals surface area contributed by atoms with Gasteiger partial charge in [-0.2, -0.15) is 21.0 Å². The molecule has 4 heterocycles. The Labute approximate surface area is 624 Å². The molecule has 0 N–H and O–H groups in total. The normalized spacial score (nSPS) is 13.5. The maximum Gasteiger partial charge on any atom is 0.159 e. The Balaban J connectivity index is 1.01. The van der Waals surface area contributed by atoms with Crippen LogP contribution < -0.4 is 0 Å². The predicted molar refractivity (Wildman–Crippen MR) is 420 cm³/mol. The summed E-state index contributed by atoms with van der Waals surface area (Å²) >= 11 is 6.33. The van der Waals surface area contributed by atoms with E-state index in [0.29, 0.717) is 54.3 Å². The number of nitrogens with zero attached hydrogens (tertiary/aromatic N) is 4. The predicted octanol–water partition coefficient (Wildman–Crippen LogP) is 26.7. The average molecular weight is 1440 g/mol. The zero-order chi connectivity index (χ0) is 72.0. The van der Waals surface area contributed by atoms with Crippen LogP contribution in [0.4, 0.5) is 17.6 Å². The molecule has 0 unspecified atom stereocenters. The van der Waals surface area contributed by atoms with Gasteiger partial charge in [-0.25, -0.2) is 17.6 Å². The molecule has 104 heavy (non-hydrogen) atoms. The molecule has 7 aromatic carbocycles. The van der Waals surface area contributed by atoms with Crippen LogP contribution in [0.15, 0.2) is 169 Å². The van der Waals surface area contributed by atoms with E-state index in [9.17, 15) is 21.0 Å². The van der Waals surface area contributed by atoms with E-state index in [1.807, 2.05) is 12.1 Å². The second-order valence-electron chi connectivity index (χ2n) is 28.5. The number of allylic oxidation sites excluding steroid dienone is 2. The third kappa shape index (κ3) is 12.0. The van der Waals surface area contributed by atoms with E-state index < -0.39 is 34.1 Å². The number of nitriles is 4. The number of hydrogen-bond acceptors (Lipinski definition) is 8. The highest BCUT2D eigenvalue weighted by Crippen LogP contribution is 2.67. The number of benzene rings is 7. The van der Waals surface area contributed by atoms with Gasteiger partial charge in [0.25, 0.3) is 0 Å². The lowest BCUT2D eigenvalue weighted by atomic mass is 9.65. The van der Waals surface area contributed by atoms with E-state index in [2.05, 4.69) is 173 Å². The average Bonchev–Trinajstić information content (AvgIpc) is 1.50. The van der Waals surface area contributed by atoms with Crippen molar-refractivity contribution in [2.75, 3.05) is 0 Å². The lowest BCUT2D eigenvalue weighted by Crippen LogP contribution is -2.30. The molecule has 4 aromatic heterocycles. The van der Waals surface area contributed by atoms with Crippen molar-refractivity contribution in [2.24, 2.45) is 0 Å². The van der Waals surface area contributed by atoms with Crippen LogP contribution in [0, 0.1) is 68.6 Å². The van der Waals surface area contributed by atoms with Gasteiger partial charge in [0.05, 0.1) is 10.8 Å². The summed E-state index contributed by atoms with van der Waals surface area (Å²) in [5.74, 6) is -4.10. The summed E-state index contributed by atoms with van der Waals surface area (Å²) in [6.45, 7) is 8.98. The highest BCUT2D eigenvalue weighted by atomic mass is 32.1. The number of halogens is 4. The second-order valence-corrected chi connectivity index (χ2v) is 32.7. The molecule has 0 spiro atoms. The minimum Gasteiger partial charge on any atom is -0.204 e. The second kappa shape index (κ2) is 29.6. The molecule has 4 aliphatic carbocycles. The molecule has 11 aromatic rings. The summed E-state index contributed by atoms with van der Waals surface area (Å²) in [5, 5.41) is 41.8. The van der Waals surface area contributed by atoms with Crippen LogP contribution in [0.2, 0.25) is 0 Å². The fraction of sp³-hybridized carbons (Fsp3) is 0.283. The van der Waals surface area contributed by atoms with E-state index >= 15 is 17.6 Å². The molecule has 4 aliphatic rings. The molecular formula is C92H78F4N4S4. The van der Waals surface area contributed by atoms with E-state index in [0.717, 1.165) is 200 Å². The van der Waals surface area contributed by atoms with Crippen molar-refractivity contribution in [1.82, 2.24) is 0 Å². The van der Waals surface area contributed by atoms with Crippen LogP contribution in [0.5, 0.6) is 0 Å². The van der Waals surface area contributed by atoms with Gasteiger partial charge in [-0.05, 0) is 212 Å². The van der Waals surface area contributed by atoms with E-state index in [1.54, 1.807) is 22.7 Å². The molecule has 0 saturated heterocycles. The molecule has 0 aliphatic heterocycles. The fourth-order valence-corrected chi connectivity index (χ4v) is 22.0. The van der Waals surface area contributed by atoms with E-state index in [1.165, 1.54) is 82.7 Å². The number of rotatable bonds is 26. The standard InChI is InChI=1S/C92H78F4N4S4/c1-5-9-13-17-21-55-25-33-61(34-26-55)91(62-35-27-56(28-36-62)22-18-14-10-6-2)73-41-72-74(42-71(73)87-75(91)49-83(101-87)81-47-69-65-43-77(93)79(95)45-67(65)85(89(69)103-81)59(51-97)52-98)92(63-37-29-57(30-38-63)23-19-15-11-7-3,64-39-31-58(32-40-64)24-20-16-12-8-4)76-50-84(102-88(72)76)82-48-70-66-44-78(94)80(96)46-68(66)86(90(70)104-82)60(53-99)54-100/h25-50H,5-24H2,1-4H3.